The van der Waals surface area contributed by atoms with E-state index in [0.717, 1.165) is 25.1 Å². The molecule has 0 radical (unpaired) electrons. The van der Waals surface area contributed by atoms with Gasteiger partial charge in [-0.25, -0.2) is 13.4 Å². The number of anilines is 2. The number of unbranched alkanes of at least 4 members (excludes halogenated alkanes) is 1. The van der Waals surface area contributed by atoms with Crippen molar-refractivity contribution in [3.63, 3.8) is 0 Å². The second-order valence-electron chi connectivity index (χ2n) is 5.99. The molecule has 0 atom stereocenters. The van der Waals surface area contributed by atoms with Gasteiger partial charge in [-0.3, -0.25) is 4.72 Å². The van der Waals surface area contributed by atoms with Gasteiger partial charge in [0.05, 0.1) is 17.6 Å². The average molecular weight is 337 g/mol. The topological polar surface area (TPSA) is 71.1 Å². The summed E-state index contributed by atoms with van der Waals surface area (Å²) in [6.45, 7) is 2.85. The Kier molecular flexibility index (Phi) is 6.89. The van der Waals surface area contributed by atoms with Gasteiger partial charge in [-0.05, 0) is 50.7 Å². The first-order valence-corrected chi connectivity index (χ1v) is 10.1. The summed E-state index contributed by atoms with van der Waals surface area (Å²) in [5.41, 5.74) is 2.45. The highest BCUT2D eigenvalue weighted by Gasteiger charge is 2.10. The maximum atomic E-state index is 11.8. The van der Waals surface area contributed by atoms with Crippen LogP contribution in [0.25, 0.3) is 0 Å². The molecule has 1 heterocycles. The van der Waals surface area contributed by atoms with Crippen molar-refractivity contribution < 1.29 is 8.42 Å². The van der Waals surface area contributed by atoms with E-state index in [-0.39, 0.29) is 5.75 Å². The van der Waals surface area contributed by atoms with Crippen LogP contribution in [-0.4, -0.2) is 25.7 Å². The van der Waals surface area contributed by atoms with Gasteiger partial charge in [-0.1, -0.05) is 25.0 Å². The van der Waals surface area contributed by atoms with Crippen LogP contribution in [0, 0.1) is 0 Å². The molecule has 6 heteroatoms. The number of allylic oxidation sites excluding steroid dienone is 1. The zero-order valence-electron chi connectivity index (χ0n) is 13.8. The molecule has 5 nitrogen and oxygen atoms in total. The van der Waals surface area contributed by atoms with Gasteiger partial charge in [-0.15, -0.1) is 0 Å². The second-order valence-corrected chi connectivity index (χ2v) is 7.83. The van der Waals surface area contributed by atoms with Crippen LogP contribution in [0.3, 0.4) is 0 Å². The fourth-order valence-corrected chi connectivity index (χ4v) is 3.81. The van der Waals surface area contributed by atoms with E-state index in [1.54, 1.807) is 12.3 Å². The van der Waals surface area contributed by atoms with Crippen LogP contribution in [0.5, 0.6) is 0 Å². The Morgan fingerprint density at radius 1 is 1.26 bits per heavy atom. The summed E-state index contributed by atoms with van der Waals surface area (Å²) in [6, 6.07) is 3.56. The zero-order chi connectivity index (χ0) is 16.5. The molecule has 1 aromatic rings. The maximum absolute atomic E-state index is 11.8. The smallest absolute Gasteiger partial charge is 0.233 e. The van der Waals surface area contributed by atoms with Crippen LogP contribution in [0.15, 0.2) is 30.0 Å². The first-order valence-electron chi connectivity index (χ1n) is 8.47. The number of hydrogen-bond donors (Lipinski definition) is 2. The van der Waals surface area contributed by atoms with E-state index in [9.17, 15) is 8.42 Å². The predicted molar refractivity (Wildman–Crippen MR) is 96.2 cm³/mol. The molecule has 2 N–H and O–H groups in total. The molecule has 0 saturated carbocycles. The quantitative estimate of drug-likeness (QED) is 0.670. The lowest BCUT2D eigenvalue weighted by Crippen LogP contribution is -2.17. The third kappa shape index (κ3) is 6.60. The molecule has 128 valence electrons. The van der Waals surface area contributed by atoms with E-state index < -0.39 is 10.0 Å². The van der Waals surface area contributed by atoms with Crippen molar-refractivity contribution in [2.24, 2.45) is 0 Å². The number of hydrogen-bond acceptors (Lipinski definition) is 4. The Morgan fingerprint density at radius 2 is 2.13 bits per heavy atom. The zero-order valence-corrected chi connectivity index (χ0v) is 14.7. The van der Waals surface area contributed by atoms with Gasteiger partial charge in [0.1, 0.15) is 5.82 Å². The Hall–Kier alpha value is -1.56. The summed E-state index contributed by atoms with van der Waals surface area (Å²) in [7, 11) is -3.28. The molecular formula is C17H27N3O2S. The van der Waals surface area contributed by atoms with Crippen LogP contribution >= 0.6 is 0 Å². The molecule has 1 aliphatic rings. The first-order chi connectivity index (χ1) is 11.1. The van der Waals surface area contributed by atoms with E-state index in [0.29, 0.717) is 12.2 Å². The van der Waals surface area contributed by atoms with Crippen LogP contribution < -0.4 is 10.0 Å². The summed E-state index contributed by atoms with van der Waals surface area (Å²) in [4.78, 5) is 4.17. The highest BCUT2D eigenvalue weighted by atomic mass is 32.2. The van der Waals surface area contributed by atoms with E-state index in [2.05, 4.69) is 21.1 Å². The Bertz CT molecular complexity index is 609. The van der Waals surface area contributed by atoms with Crippen molar-refractivity contribution in [1.82, 2.24) is 4.98 Å². The lowest BCUT2D eigenvalue weighted by Gasteiger charge is -2.13. The molecule has 0 bridgehead atoms. The minimum Gasteiger partial charge on any atom is -0.383 e. The number of sulfonamides is 1. The van der Waals surface area contributed by atoms with Crippen molar-refractivity contribution in [2.75, 3.05) is 22.3 Å². The molecule has 0 saturated heterocycles. The number of aromatic nitrogens is 1. The van der Waals surface area contributed by atoms with Gasteiger partial charge in [0.25, 0.3) is 0 Å². The molecule has 0 aromatic carbocycles. The van der Waals surface area contributed by atoms with Crippen LogP contribution in [0.4, 0.5) is 11.5 Å². The number of pyridine rings is 1. The molecule has 23 heavy (non-hydrogen) atoms. The Morgan fingerprint density at radius 3 is 2.78 bits per heavy atom. The van der Waals surface area contributed by atoms with Gasteiger partial charge in [0.2, 0.25) is 10.0 Å². The van der Waals surface area contributed by atoms with Gasteiger partial charge in [0, 0.05) is 6.54 Å². The van der Waals surface area contributed by atoms with Crippen LogP contribution in [-0.2, 0) is 10.0 Å². The minimum absolute atomic E-state index is 0.139. The molecule has 2 rings (SSSR count). The number of nitrogens with one attached hydrogen (secondary N) is 2. The molecule has 1 aromatic heterocycles. The van der Waals surface area contributed by atoms with Gasteiger partial charge < -0.3 is 5.32 Å². The van der Waals surface area contributed by atoms with Gasteiger partial charge >= 0.3 is 0 Å². The fraction of sp³-hybridized carbons (Fsp3) is 0.588. The second kappa shape index (κ2) is 8.91. The first kappa shape index (κ1) is 17.8. The molecule has 0 unspecified atom stereocenters. The lowest BCUT2D eigenvalue weighted by molar-refractivity contribution is 0.597. The average Bonchev–Trinajstić information content (AvgIpc) is 2.55. The third-order valence-electron chi connectivity index (χ3n) is 3.95. The standard InChI is InChI=1S/C17H27N3O2S/c1-2-3-13-23(21,22)20-17-10-9-16(14-19-17)18-12-11-15-7-5-4-6-8-15/h7,9-10,14,18H,2-6,8,11-13H2,1H3,(H,19,20). The summed E-state index contributed by atoms with van der Waals surface area (Å²) in [6.07, 6.45) is 11.7. The summed E-state index contributed by atoms with van der Waals surface area (Å²) < 4.78 is 26.1. The molecule has 1 aliphatic carbocycles. The summed E-state index contributed by atoms with van der Waals surface area (Å²) in [5, 5.41) is 3.34. The number of nitrogens with zero attached hydrogens (tertiary/aromatic N) is 1. The normalized spacial score (nSPS) is 15.1. The van der Waals surface area contributed by atoms with E-state index in [4.69, 9.17) is 0 Å². The Labute approximate surface area is 139 Å². The lowest BCUT2D eigenvalue weighted by atomic mass is 9.97. The molecule has 0 amide bonds. The number of rotatable bonds is 9. The van der Waals surface area contributed by atoms with Crippen molar-refractivity contribution >= 4 is 21.5 Å². The van der Waals surface area contributed by atoms with Crippen LogP contribution in [0.1, 0.15) is 51.9 Å². The van der Waals surface area contributed by atoms with Gasteiger partial charge in [-0.2, -0.15) is 0 Å². The summed E-state index contributed by atoms with van der Waals surface area (Å²) >= 11 is 0. The van der Waals surface area contributed by atoms with Crippen molar-refractivity contribution in [1.29, 1.82) is 0 Å². The van der Waals surface area contributed by atoms with E-state index in [1.165, 1.54) is 31.3 Å². The molecule has 0 spiro atoms. The highest BCUT2D eigenvalue weighted by Crippen LogP contribution is 2.20. The monoisotopic (exact) mass is 337 g/mol. The van der Waals surface area contributed by atoms with E-state index in [1.807, 2.05) is 13.0 Å². The van der Waals surface area contributed by atoms with Crippen molar-refractivity contribution in [2.45, 2.75) is 51.9 Å². The molecule has 0 aliphatic heterocycles. The van der Waals surface area contributed by atoms with Crippen LogP contribution in [0.2, 0.25) is 0 Å². The van der Waals surface area contributed by atoms with Crippen molar-refractivity contribution in [3.05, 3.63) is 30.0 Å². The SMILES string of the molecule is CCCCS(=O)(=O)Nc1ccc(NCCC2=CCCCC2)cn1. The fourth-order valence-electron chi connectivity index (χ4n) is 2.60. The Balaban J connectivity index is 1.78. The molecule has 0 fully saturated rings. The van der Waals surface area contributed by atoms with Gasteiger partial charge in [0.15, 0.2) is 0 Å². The highest BCUT2D eigenvalue weighted by molar-refractivity contribution is 7.92. The molecular weight excluding hydrogens is 310 g/mol. The van der Waals surface area contributed by atoms with E-state index >= 15 is 0 Å². The van der Waals surface area contributed by atoms with Crippen molar-refractivity contribution in [3.8, 4) is 0 Å². The maximum Gasteiger partial charge on any atom is 0.233 e. The largest absolute Gasteiger partial charge is 0.383 e. The predicted octanol–water partition coefficient (Wildman–Crippen LogP) is 3.93. The third-order valence-corrected chi connectivity index (χ3v) is 5.30. The summed E-state index contributed by atoms with van der Waals surface area (Å²) in [5.74, 6) is 0.516. The minimum atomic E-state index is -3.28.